The largest absolute Gasteiger partial charge is 0.343 e. The van der Waals surface area contributed by atoms with E-state index in [0.717, 1.165) is 6.54 Å². The average molecular weight is 162 g/mol. The Morgan fingerprint density at radius 2 is 2.25 bits per heavy atom. The van der Waals surface area contributed by atoms with Gasteiger partial charge < -0.3 is 9.80 Å². The molecule has 0 fully saturated rings. The summed E-state index contributed by atoms with van der Waals surface area (Å²) in [4.78, 5) is 3.50. The van der Waals surface area contributed by atoms with Gasteiger partial charge in [0.1, 0.15) is 17.8 Å². The Kier molecular flexibility index (Phi) is 2.21. The Morgan fingerprint density at radius 3 is 2.58 bits per heavy atom. The number of nitrogens with zero attached hydrogens (tertiary/aromatic N) is 4. The molecule has 0 saturated heterocycles. The third kappa shape index (κ3) is 1.08. The molecule has 1 aliphatic rings. The van der Waals surface area contributed by atoms with Gasteiger partial charge in [-0.1, -0.05) is 0 Å². The summed E-state index contributed by atoms with van der Waals surface area (Å²) in [6.07, 6.45) is 1.40. The third-order valence-corrected chi connectivity index (χ3v) is 1.94. The molecule has 0 aliphatic carbocycles. The van der Waals surface area contributed by atoms with Gasteiger partial charge in [-0.25, -0.2) is 0 Å². The van der Waals surface area contributed by atoms with Gasteiger partial charge in [0.2, 0.25) is 0 Å². The van der Waals surface area contributed by atoms with Crippen molar-refractivity contribution in [2.24, 2.45) is 0 Å². The maximum Gasteiger partial charge on any atom is 0.192 e. The molecule has 1 atom stereocenters. The SMILES string of the molecule is CCN1C=C(C#N)N(C)C1C#N. The summed E-state index contributed by atoms with van der Waals surface area (Å²) in [5.74, 6) is 0. The van der Waals surface area contributed by atoms with Crippen LogP contribution in [0.3, 0.4) is 0 Å². The zero-order valence-corrected chi connectivity index (χ0v) is 7.15. The molecular weight excluding hydrogens is 152 g/mol. The van der Waals surface area contributed by atoms with Crippen LogP contribution in [0.2, 0.25) is 0 Å². The van der Waals surface area contributed by atoms with Crippen LogP contribution >= 0.6 is 0 Å². The van der Waals surface area contributed by atoms with Crippen LogP contribution in [0.4, 0.5) is 0 Å². The van der Waals surface area contributed by atoms with E-state index in [1.165, 1.54) is 0 Å². The van der Waals surface area contributed by atoms with Crippen molar-refractivity contribution >= 4 is 0 Å². The van der Waals surface area contributed by atoms with E-state index in [2.05, 4.69) is 6.07 Å². The lowest BCUT2D eigenvalue weighted by Gasteiger charge is -2.22. The molecule has 0 amide bonds. The van der Waals surface area contributed by atoms with Crippen LogP contribution < -0.4 is 0 Å². The molecular formula is C8H10N4. The normalized spacial score (nSPS) is 21.7. The molecule has 1 unspecified atom stereocenters. The van der Waals surface area contributed by atoms with Gasteiger partial charge in [-0.15, -0.1) is 0 Å². The fourth-order valence-electron chi connectivity index (χ4n) is 1.21. The average Bonchev–Trinajstić information content (AvgIpc) is 2.41. The van der Waals surface area contributed by atoms with E-state index >= 15 is 0 Å². The number of hydrogen-bond acceptors (Lipinski definition) is 4. The third-order valence-electron chi connectivity index (χ3n) is 1.94. The molecule has 62 valence electrons. The van der Waals surface area contributed by atoms with Crippen molar-refractivity contribution in [3.8, 4) is 12.1 Å². The highest BCUT2D eigenvalue weighted by molar-refractivity contribution is 5.26. The molecule has 0 spiro atoms. The molecule has 0 aromatic carbocycles. The fourth-order valence-corrected chi connectivity index (χ4v) is 1.21. The summed E-state index contributed by atoms with van der Waals surface area (Å²) in [7, 11) is 1.75. The summed E-state index contributed by atoms with van der Waals surface area (Å²) in [5.41, 5.74) is 0.545. The van der Waals surface area contributed by atoms with Gasteiger partial charge in [0.15, 0.2) is 6.17 Å². The van der Waals surface area contributed by atoms with Crippen molar-refractivity contribution < 1.29 is 0 Å². The minimum atomic E-state index is -0.315. The quantitative estimate of drug-likeness (QED) is 0.562. The van der Waals surface area contributed by atoms with Crippen LogP contribution in [0.15, 0.2) is 11.9 Å². The highest BCUT2D eigenvalue weighted by Crippen LogP contribution is 2.18. The van der Waals surface area contributed by atoms with Crippen LogP contribution in [0, 0.1) is 22.7 Å². The van der Waals surface area contributed by atoms with Crippen molar-refractivity contribution in [3.05, 3.63) is 11.9 Å². The Morgan fingerprint density at radius 1 is 1.58 bits per heavy atom. The predicted molar refractivity (Wildman–Crippen MR) is 43.2 cm³/mol. The second kappa shape index (κ2) is 3.15. The van der Waals surface area contributed by atoms with Crippen molar-refractivity contribution in [2.75, 3.05) is 13.6 Å². The first-order valence-corrected chi connectivity index (χ1v) is 3.74. The van der Waals surface area contributed by atoms with E-state index in [4.69, 9.17) is 10.5 Å². The second-order valence-corrected chi connectivity index (χ2v) is 2.57. The number of nitriles is 2. The molecule has 0 bridgehead atoms. The maximum atomic E-state index is 8.78. The Hall–Kier alpha value is -1.68. The van der Waals surface area contributed by atoms with Crippen molar-refractivity contribution in [2.45, 2.75) is 13.1 Å². The standard InChI is InChI=1S/C8H10N4/c1-3-12-6-7(4-9)11(2)8(12)5-10/h6,8H,3H2,1-2H3. The highest BCUT2D eigenvalue weighted by Gasteiger charge is 2.27. The molecule has 12 heavy (non-hydrogen) atoms. The van der Waals surface area contributed by atoms with E-state index in [1.54, 1.807) is 18.1 Å². The van der Waals surface area contributed by atoms with Gasteiger partial charge in [-0.2, -0.15) is 10.5 Å². The summed E-state index contributed by atoms with van der Waals surface area (Å²) >= 11 is 0. The van der Waals surface area contributed by atoms with Crippen molar-refractivity contribution in [1.82, 2.24) is 9.80 Å². The highest BCUT2D eigenvalue weighted by atomic mass is 15.4. The van der Waals surface area contributed by atoms with Crippen molar-refractivity contribution in [3.63, 3.8) is 0 Å². The lowest BCUT2D eigenvalue weighted by Crippen LogP contribution is -2.35. The summed E-state index contributed by atoms with van der Waals surface area (Å²) in [6, 6.07) is 4.16. The molecule has 0 radical (unpaired) electrons. The molecule has 4 nitrogen and oxygen atoms in total. The molecule has 1 heterocycles. The zero-order chi connectivity index (χ0) is 9.14. The van der Waals surface area contributed by atoms with Crippen molar-refractivity contribution in [1.29, 1.82) is 10.5 Å². The lowest BCUT2D eigenvalue weighted by molar-refractivity contribution is 0.233. The molecule has 1 aliphatic heterocycles. The van der Waals surface area contributed by atoms with Gasteiger partial charge in [0.05, 0.1) is 0 Å². The number of hydrogen-bond donors (Lipinski definition) is 0. The number of rotatable bonds is 1. The van der Waals surface area contributed by atoms with E-state index in [0.29, 0.717) is 5.70 Å². The Bertz CT molecular complexity index is 280. The molecule has 4 heteroatoms. The van der Waals surface area contributed by atoms with Crippen LogP contribution in [0.1, 0.15) is 6.92 Å². The second-order valence-electron chi connectivity index (χ2n) is 2.57. The van der Waals surface area contributed by atoms with E-state index < -0.39 is 0 Å². The minimum absolute atomic E-state index is 0.315. The lowest BCUT2D eigenvalue weighted by atomic mass is 10.4. The number of allylic oxidation sites excluding steroid dienone is 1. The Balaban J connectivity index is 2.88. The first-order chi connectivity index (χ1) is 5.74. The smallest absolute Gasteiger partial charge is 0.192 e. The van der Waals surface area contributed by atoms with Crippen LogP contribution in [0.5, 0.6) is 0 Å². The Labute approximate surface area is 71.9 Å². The minimum Gasteiger partial charge on any atom is -0.343 e. The molecule has 0 N–H and O–H groups in total. The maximum absolute atomic E-state index is 8.78. The van der Waals surface area contributed by atoms with E-state index in [-0.39, 0.29) is 6.17 Å². The van der Waals surface area contributed by atoms with E-state index in [9.17, 15) is 0 Å². The van der Waals surface area contributed by atoms with Gasteiger partial charge >= 0.3 is 0 Å². The first-order valence-electron chi connectivity index (χ1n) is 3.74. The zero-order valence-electron chi connectivity index (χ0n) is 7.15. The summed E-state index contributed by atoms with van der Waals surface area (Å²) < 4.78 is 0. The van der Waals surface area contributed by atoms with Crippen LogP contribution in [-0.2, 0) is 0 Å². The topological polar surface area (TPSA) is 54.1 Å². The molecule has 1 rings (SSSR count). The molecule has 0 aromatic heterocycles. The van der Waals surface area contributed by atoms with Gasteiger partial charge in [-0.05, 0) is 6.92 Å². The summed E-state index contributed by atoms with van der Waals surface area (Å²) in [6.45, 7) is 2.70. The molecule has 0 saturated carbocycles. The first kappa shape index (κ1) is 8.42. The molecule has 0 aromatic rings. The monoisotopic (exact) mass is 162 g/mol. The predicted octanol–water partition coefficient (Wildman–Crippen LogP) is 0.468. The summed E-state index contributed by atoms with van der Waals surface area (Å²) in [5, 5.41) is 17.4. The van der Waals surface area contributed by atoms with Crippen LogP contribution in [0.25, 0.3) is 0 Å². The van der Waals surface area contributed by atoms with E-state index in [1.807, 2.05) is 17.9 Å². The van der Waals surface area contributed by atoms with Gasteiger partial charge in [0.25, 0.3) is 0 Å². The van der Waals surface area contributed by atoms with Crippen LogP contribution in [-0.4, -0.2) is 29.6 Å². The fraction of sp³-hybridized carbons (Fsp3) is 0.500. The van der Waals surface area contributed by atoms with Gasteiger partial charge in [0, 0.05) is 19.8 Å². The van der Waals surface area contributed by atoms with Gasteiger partial charge in [-0.3, -0.25) is 0 Å².